The largest absolute Gasteiger partial charge is 0.478 e. The summed E-state index contributed by atoms with van der Waals surface area (Å²) in [7, 11) is 0. The molecule has 1 N–H and O–H groups in total. The molecule has 0 aromatic heterocycles. The van der Waals surface area contributed by atoms with Crippen LogP contribution in [0.2, 0.25) is 0 Å². The Bertz CT molecular complexity index is 405. The summed E-state index contributed by atoms with van der Waals surface area (Å²) >= 11 is 5.73. The molecule has 0 bridgehead atoms. The second-order valence-electron chi connectivity index (χ2n) is 2.58. The Hall–Kier alpha value is -0.760. The molecule has 0 heterocycles. The normalized spacial score (nSPS) is 9.73. The van der Waals surface area contributed by atoms with Gasteiger partial charge in [0.2, 0.25) is 0 Å². The van der Waals surface area contributed by atoms with Gasteiger partial charge in [-0.05, 0) is 40.8 Å². The maximum absolute atomic E-state index is 11.0. The summed E-state index contributed by atoms with van der Waals surface area (Å²) in [4.78, 5) is 21.8. The zero-order valence-corrected chi connectivity index (χ0v) is 10.5. The molecular weight excluding hydrogens is 331 g/mol. The minimum absolute atomic E-state index is 0.0365. The molecule has 0 aliphatic rings. The fourth-order valence-corrected chi connectivity index (χ4v) is 1.44. The Morgan fingerprint density at radius 2 is 2.13 bits per heavy atom. The number of benzene rings is 1. The summed E-state index contributed by atoms with van der Waals surface area (Å²) < 4.78 is 5.63. The van der Waals surface area contributed by atoms with Gasteiger partial charge in [0.15, 0.2) is 0 Å². The van der Waals surface area contributed by atoms with E-state index in [0.29, 0.717) is 0 Å². The second kappa shape index (κ2) is 5.36. The van der Waals surface area contributed by atoms with E-state index in [1.807, 2.05) is 22.6 Å². The number of carboxylic acids is 1. The molecule has 0 spiro atoms. The lowest BCUT2D eigenvalue weighted by molar-refractivity contribution is -0.131. The van der Waals surface area contributed by atoms with Crippen molar-refractivity contribution in [1.29, 1.82) is 0 Å². The van der Waals surface area contributed by atoms with Crippen LogP contribution in [0.1, 0.15) is 10.4 Å². The van der Waals surface area contributed by atoms with E-state index >= 15 is 0 Å². The topological polar surface area (TPSA) is 63.6 Å². The van der Waals surface area contributed by atoms with Gasteiger partial charge in [-0.3, -0.25) is 4.79 Å². The highest BCUT2D eigenvalue weighted by Gasteiger charge is 2.14. The van der Waals surface area contributed by atoms with E-state index in [0.717, 1.165) is 3.57 Å². The number of aromatic carboxylic acids is 1. The Labute approximate surface area is 105 Å². The van der Waals surface area contributed by atoms with Gasteiger partial charge in [0, 0.05) is 3.57 Å². The van der Waals surface area contributed by atoms with E-state index in [1.54, 1.807) is 6.07 Å². The average molecular weight is 338 g/mol. The van der Waals surface area contributed by atoms with Crippen molar-refractivity contribution in [2.75, 3.05) is 5.75 Å². The predicted octanol–water partition coefficient (Wildman–Crippen LogP) is 1.82. The maximum atomic E-state index is 11.0. The van der Waals surface area contributed by atoms with Crippen molar-refractivity contribution in [1.82, 2.24) is 0 Å². The molecule has 0 saturated carbocycles. The van der Waals surface area contributed by atoms with Crippen molar-refractivity contribution in [3.05, 3.63) is 27.3 Å². The number of carboxylic acid groups (broad SMARTS) is 1. The predicted molar refractivity (Wildman–Crippen MR) is 65.6 cm³/mol. The molecule has 1 aromatic carbocycles. The number of rotatable bonds is 3. The molecule has 0 atom stereocenters. The van der Waals surface area contributed by atoms with Crippen molar-refractivity contribution in [2.24, 2.45) is 0 Å². The van der Waals surface area contributed by atoms with E-state index in [2.05, 4.69) is 12.6 Å². The zero-order chi connectivity index (χ0) is 11.4. The van der Waals surface area contributed by atoms with E-state index < -0.39 is 11.9 Å². The number of carbonyl (C=O) groups is 2. The molecule has 0 aliphatic heterocycles. The highest BCUT2D eigenvalue weighted by Crippen LogP contribution is 2.21. The fraction of sp³-hybridized carbons (Fsp3) is 0.111. The van der Waals surface area contributed by atoms with Gasteiger partial charge in [-0.25, -0.2) is 4.79 Å². The Balaban J connectivity index is 3.07. The summed E-state index contributed by atoms with van der Waals surface area (Å²) in [6.07, 6.45) is 0. The van der Waals surface area contributed by atoms with E-state index in [-0.39, 0.29) is 17.1 Å². The van der Waals surface area contributed by atoms with Gasteiger partial charge in [0.1, 0.15) is 11.3 Å². The fourth-order valence-electron chi connectivity index (χ4n) is 0.912. The minimum atomic E-state index is -1.13. The Morgan fingerprint density at radius 3 is 2.67 bits per heavy atom. The zero-order valence-electron chi connectivity index (χ0n) is 7.44. The number of hydrogen-bond donors (Lipinski definition) is 2. The molecule has 0 unspecified atom stereocenters. The molecule has 0 saturated heterocycles. The van der Waals surface area contributed by atoms with Crippen LogP contribution in [-0.2, 0) is 4.79 Å². The van der Waals surface area contributed by atoms with Crippen molar-refractivity contribution >= 4 is 47.2 Å². The number of esters is 1. The summed E-state index contributed by atoms with van der Waals surface area (Å²) in [5, 5.41) is 8.83. The van der Waals surface area contributed by atoms with Gasteiger partial charge >= 0.3 is 11.9 Å². The summed E-state index contributed by atoms with van der Waals surface area (Å²) in [5.41, 5.74) is -0.0365. The van der Waals surface area contributed by atoms with Crippen LogP contribution < -0.4 is 4.74 Å². The molecule has 6 heteroatoms. The first kappa shape index (κ1) is 12.3. The lowest BCUT2D eigenvalue weighted by atomic mass is 10.2. The third-order valence-electron chi connectivity index (χ3n) is 1.53. The van der Waals surface area contributed by atoms with Gasteiger partial charge in [-0.2, -0.15) is 12.6 Å². The van der Waals surface area contributed by atoms with Crippen molar-refractivity contribution in [3.8, 4) is 5.75 Å². The third kappa shape index (κ3) is 3.38. The van der Waals surface area contributed by atoms with Crippen molar-refractivity contribution < 1.29 is 19.4 Å². The highest BCUT2D eigenvalue weighted by molar-refractivity contribution is 14.1. The summed E-state index contributed by atoms with van der Waals surface area (Å²) in [5.74, 6) is -1.76. The second-order valence-corrected chi connectivity index (χ2v) is 4.14. The number of carbonyl (C=O) groups excluding carboxylic acids is 1. The molecule has 0 fully saturated rings. The van der Waals surface area contributed by atoms with Crippen LogP contribution in [0.15, 0.2) is 18.2 Å². The molecule has 15 heavy (non-hydrogen) atoms. The lowest BCUT2D eigenvalue weighted by Crippen LogP contribution is -2.12. The van der Waals surface area contributed by atoms with Crippen LogP contribution >= 0.6 is 35.2 Å². The van der Waals surface area contributed by atoms with Crippen LogP contribution in [0.5, 0.6) is 5.75 Å². The minimum Gasteiger partial charge on any atom is -0.478 e. The number of ether oxygens (including phenoxy) is 1. The van der Waals surface area contributed by atoms with Gasteiger partial charge < -0.3 is 9.84 Å². The van der Waals surface area contributed by atoms with Crippen LogP contribution in [0.3, 0.4) is 0 Å². The first-order valence-corrected chi connectivity index (χ1v) is 5.60. The standard InChI is InChI=1S/C9H7IO4S/c10-5-1-2-6(9(12)13)7(3-5)14-8(11)4-15/h1-3,15H,4H2,(H,12,13). The average Bonchev–Trinajstić information content (AvgIpc) is 2.17. The van der Waals surface area contributed by atoms with E-state index in [9.17, 15) is 9.59 Å². The monoisotopic (exact) mass is 338 g/mol. The molecular formula is C9H7IO4S. The first-order chi connectivity index (χ1) is 7.04. The lowest BCUT2D eigenvalue weighted by Gasteiger charge is -2.06. The summed E-state index contributed by atoms with van der Waals surface area (Å²) in [6.45, 7) is 0. The van der Waals surface area contributed by atoms with Crippen LogP contribution in [0.25, 0.3) is 0 Å². The van der Waals surface area contributed by atoms with Crippen LogP contribution in [-0.4, -0.2) is 22.8 Å². The van der Waals surface area contributed by atoms with Gasteiger partial charge in [-0.1, -0.05) is 0 Å². The van der Waals surface area contributed by atoms with E-state index in [4.69, 9.17) is 9.84 Å². The first-order valence-electron chi connectivity index (χ1n) is 3.89. The van der Waals surface area contributed by atoms with Crippen molar-refractivity contribution in [3.63, 3.8) is 0 Å². The van der Waals surface area contributed by atoms with Gasteiger partial charge in [0.25, 0.3) is 0 Å². The smallest absolute Gasteiger partial charge is 0.339 e. The SMILES string of the molecule is O=C(CS)Oc1cc(I)ccc1C(=O)O. The van der Waals surface area contributed by atoms with Crippen LogP contribution in [0, 0.1) is 3.57 Å². The molecule has 0 amide bonds. The quantitative estimate of drug-likeness (QED) is 0.382. The Morgan fingerprint density at radius 1 is 1.47 bits per heavy atom. The molecule has 80 valence electrons. The number of thiol groups is 1. The van der Waals surface area contributed by atoms with Gasteiger partial charge in [-0.15, -0.1) is 0 Å². The molecule has 0 aliphatic carbocycles. The molecule has 1 aromatic rings. The molecule has 0 radical (unpaired) electrons. The van der Waals surface area contributed by atoms with E-state index in [1.165, 1.54) is 12.1 Å². The number of hydrogen-bond acceptors (Lipinski definition) is 4. The van der Waals surface area contributed by atoms with Gasteiger partial charge in [0.05, 0.1) is 5.75 Å². The molecule has 4 nitrogen and oxygen atoms in total. The maximum Gasteiger partial charge on any atom is 0.339 e. The summed E-state index contributed by atoms with van der Waals surface area (Å²) in [6, 6.07) is 4.51. The van der Waals surface area contributed by atoms with Crippen molar-refractivity contribution in [2.45, 2.75) is 0 Å². The number of halogens is 1. The third-order valence-corrected chi connectivity index (χ3v) is 2.46. The van der Waals surface area contributed by atoms with Crippen LogP contribution in [0.4, 0.5) is 0 Å². The molecule has 1 rings (SSSR count). The highest BCUT2D eigenvalue weighted by atomic mass is 127. The Kier molecular flexibility index (Phi) is 4.40.